The van der Waals surface area contributed by atoms with Gasteiger partial charge in [0.25, 0.3) is 0 Å². The molecule has 3 aromatic rings. The molecule has 0 aliphatic heterocycles. The third-order valence-electron chi connectivity index (χ3n) is 4.53. The number of pyridine rings is 1. The number of carbonyl (C=O) groups is 2. The van der Waals surface area contributed by atoms with Crippen LogP contribution in [0.1, 0.15) is 25.8 Å². The molecule has 6 heteroatoms. The second-order valence-corrected chi connectivity index (χ2v) is 7.62. The van der Waals surface area contributed by atoms with Crippen LogP contribution in [0.5, 0.6) is 0 Å². The second-order valence-electron chi connectivity index (χ2n) is 7.62. The van der Waals surface area contributed by atoms with Crippen molar-refractivity contribution in [1.29, 1.82) is 0 Å². The van der Waals surface area contributed by atoms with Gasteiger partial charge in [0.05, 0.1) is 0 Å². The molecule has 2 aromatic heterocycles. The minimum Gasteiger partial charge on any atom is -0.458 e. The average Bonchev–Trinajstić information content (AvgIpc) is 3.15. The number of aromatic nitrogens is 2. The van der Waals surface area contributed by atoms with Gasteiger partial charge in [-0.25, -0.2) is 14.6 Å². The van der Waals surface area contributed by atoms with Crippen LogP contribution in [0.3, 0.4) is 0 Å². The highest BCUT2D eigenvalue weighted by molar-refractivity contribution is 5.89. The maximum absolute atomic E-state index is 12.5. The minimum atomic E-state index is -0.376. The van der Waals surface area contributed by atoms with Crippen molar-refractivity contribution < 1.29 is 14.3 Å². The minimum absolute atomic E-state index is 0.220. The number of allylic oxidation sites excluding steroid dienone is 1. The Morgan fingerprint density at radius 1 is 1.14 bits per heavy atom. The van der Waals surface area contributed by atoms with Crippen LogP contribution in [0, 0.1) is 5.41 Å². The molecule has 0 spiro atoms. The normalized spacial score (nSPS) is 11.7. The molecule has 0 saturated heterocycles. The number of nitrogens with zero attached hydrogens (tertiary/aromatic N) is 2. The lowest BCUT2D eigenvalue weighted by Crippen LogP contribution is -2.36. The largest absolute Gasteiger partial charge is 0.458 e. The summed E-state index contributed by atoms with van der Waals surface area (Å²) in [5, 5.41) is 3.85. The van der Waals surface area contributed by atoms with E-state index in [1.165, 1.54) is 10.6 Å². The summed E-state index contributed by atoms with van der Waals surface area (Å²) >= 11 is 0. The van der Waals surface area contributed by atoms with Crippen LogP contribution in [-0.2, 0) is 16.1 Å². The van der Waals surface area contributed by atoms with Gasteiger partial charge in [0.1, 0.15) is 12.3 Å². The van der Waals surface area contributed by atoms with E-state index in [0.717, 1.165) is 10.9 Å². The molecular formula is C23H25N3O3. The Morgan fingerprint density at radius 3 is 2.72 bits per heavy atom. The first kappa shape index (κ1) is 20.3. The monoisotopic (exact) mass is 391 g/mol. The number of hydrogen-bond donors (Lipinski definition) is 1. The summed E-state index contributed by atoms with van der Waals surface area (Å²) in [6, 6.07) is 14.9. The molecule has 0 unspecified atom stereocenters. The molecule has 0 radical (unpaired) electrons. The highest BCUT2D eigenvalue weighted by atomic mass is 16.5. The van der Waals surface area contributed by atoms with Crippen molar-refractivity contribution in [1.82, 2.24) is 14.9 Å². The Balaban J connectivity index is 1.46. The van der Waals surface area contributed by atoms with E-state index in [1.54, 1.807) is 18.5 Å². The number of hydrogen-bond acceptors (Lipinski definition) is 4. The quantitative estimate of drug-likeness (QED) is 0.481. The number of carbonyl (C=O) groups excluding carboxylic acids is 2. The molecule has 3 rings (SSSR count). The fourth-order valence-corrected chi connectivity index (χ4v) is 2.85. The van der Waals surface area contributed by atoms with Gasteiger partial charge in [-0.2, -0.15) is 0 Å². The van der Waals surface area contributed by atoms with E-state index >= 15 is 0 Å². The molecule has 0 fully saturated rings. The van der Waals surface area contributed by atoms with Crippen LogP contribution in [0.4, 0.5) is 4.79 Å². The molecule has 0 aliphatic carbocycles. The number of amides is 1. The summed E-state index contributed by atoms with van der Waals surface area (Å²) in [6.45, 7) is 4.77. The van der Waals surface area contributed by atoms with E-state index in [-0.39, 0.29) is 24.0 Å². The third kappa shape index (κ3) is 5.78. The Hall–Kier alpha value is -3.41. The lowest BCUT2D eigenvalue weighted by molar-refractivity contribution is -0.139. The molecule has 0 bridgehead atoms. The summed E-state index contributed by atoms with van der Waals surface area (Å²) in [5.74, 6) is -0.376. The number of esters is 1. The Labute approximate surface area is 170 Å². The van der Waals surface area contributed by atoms with Crippen LogP contribution in [0.25, 0.3) is 11.0 Å². The fourth-order valence-electron chi connectivity index (χ4n) is 2.85. The first-order chi connectivity index (χ1) is 13.9. The summed E-state index contributed by atoms with van der Waals surface area (Å²) < 4.78 is 6.73. The molecular weight excluding hydrogens is 366 g/mol. The van der Waals surface area contributed by atoms with E-state index in [9.17, 15) is 9.59 Å². The van der Waals surface area contributed by atoms with Gasteiger partial charge >= 0.3 is 12.0 Å². The maximum atomic E-state index is 12.5. The zero-order chi connectivity index (χ0) is 20.7. The average molecular weight is 391 g/mol. The highest BCUT2D eigenvalue weighted by Crippen LogP contribution is 2.20. The first-order valence-corrected chi connectivity index (χ1v) is 9.52. The van der Waals surface area contributed by atoms with E-state index in [0.29, 0.717) is 18.6 Å². The SMILES string of the molecule is CC(C)(C/C=C/C(=O)OCc1ccccc1)CNC(=O)n1ccc2cccnc21. The highest BCUT2D eigenvalue weighted by Gasteiger charge is 2.19. The number of rotatable bonds is 7. The van der Waals surface area contributed by atoms with Crippen LogP contribution in [0.15, 0.2) is 73.1 Å². The summed E-state index contributed by atoms with van der Waals surface area (Å²) in [7, 11) is 0. The van der Waals surface area contributed by atoms with Gasteiger partial charge in [0, 0.05) is 30.4 Å². The summed E-state index contributed by atoms with van der Waals surface area (Å²) in [5.41, 5.74) is 1.36. The van der Waals surface area contributed by atoms with E-state index in [4.69, 9.17) is 4.74 Å². The van der Waals surface area contributed by atoms with Crippen molar-refractivity contribution in [3.05, 3.63) is 78.6 Å². The van der Waals surface area contributed by atoms with Gasteiger partial charge in [0.15, 0.2) is 0 Å². The molecule has 150 valence electrons. The lowest BCUT2D eigenvalue weighted by atomic mass is 9.89. The van der Waals surface area contributed by atoms with Crippen molar-refractivity contribution in [2.45, 2.75) is 26.9 Å². The molecule has 1 amide bonds. The standard InChI is InChI=1S/C23H25N3O3/c1-23(2,13-6-11-20(27)29-16-18-8-4-3-5-9-18)17-25-22(28)26-15-12-19-10-7-14-24-21(19)26/h3-12,14-15H,13,16-17H2,1-2H3,(H,25,28)/b11-6+. The molecule has 6 nitrogen and oxygen atoms in total. The summed E-state index contributed by atoms with van der Waals surface area (Å²) in [6.07, 6.45) is 7.22. The Morgan fingerprint density at radius 2 is 1.93 bits per heavy atom. The Bertz CT molecular complexity index is 1010. The van der Waals surface area contributed by atoms with Crippen LogP contribution >= 0.6 is 0 Å². The van der Waals surface area contributed by atoms with E-state index < -0.39 is 0 Å². The third-order valence-corrected chi connectivity index (χ3v) is 4.53. The van der Waals surface area contributed by atoms with Crippen LogP contribution in [0.2, 0.25) is 0 Å². The van der Waals surface area contributed by atoms with Gasteiger partial charge < -0.3 is 10.1 Å². The van der Waals surface area contributed by atoms with Gasteiger partial charge in [-0.1, -0.05) is 50.3 Å². The van der Waals surface area contributed by atoms with E-state index in [2.05, 4.69) is 10.3 Å². The molecule has 0 saturated carbocycles. The second kappa shape index (κ2) is 9.19. The predicted octanol–water partition coefficient (Wildman–Crippen LogP) is 4.31. The number of nitrogens with one attached hydrogen (secondary N) is 1. The fraction of sp³-hybridized carbons (Fsp3) is 0.261. The first-order valence-electron chi connectivity index (χ1n) is 9.52. The lowest BCUT2D eigenvalue weighted by Gasteiger charge is -2.23. The summed E-state index contributed by atoms with van der Waals surface area (Å²) in [4.78, 5) is 28.6. The van der Waals surface area contributed by atoms with Gasteiger partial charge in [-0.3, -0.25) is 4.57 Å². The smallest absolute Gasteiger partial charge is 0.330 e. The van der Waals surface area contributed by atoms with Crippen molar-refractivity contribution in [3.8, 4) is 0 Å². The predicted molar refractivity (Wildman–Crippen MR) is 112 cm³/mol. The molecule has 0 aliphatic rings. The number of fused-ring (bicyclic) bond motifs is 1. The van der Waals surface area contributed by atoms with Gasteiger partial charge in [-0.15, -0.1) is 0 Å². The molecule has 1 N–H and O–H groups in total. The van der Waals surface area contributed by atoms with Crippen molar-refractivity contribution >= 4 is 23.0 Å². The van der Waals surface area contributed by atoms with Crippen molar-refractivity contribution in [2.75, 3.05) is 6.54 Å². The molecule has 1 aromatic carbocycles. The van der Waals surface area contributed by atoms with Gasteiger partial charge in [0.2, 0.25) is 0 Å². The van der Waals surface area contributed by atoms with Crippen molar-refractivity contribution in [3.63, 3.8) is 0 Å². The molecule has 0 atom stereocenters. The maximum Gasteiger partial charge on any atom is 0.330 e. The molecule has 29 heavy (non-hydrogen) atoms. The zero-order valence-corrected chi connectivity index (χ0v) is 16.7. The van der Waals surface area contributed by atoms with E-state index in [1.807, 2.05) is 62.4 Å². The Kier molecular flexibility index (Phi) is 6.44. The van der Waals surface area contributed by atoms with Gasteiger partial charge in [-0.05, 0) is 35.6 Å². The van der Waals surface area contributed by atoms with Crippen molar-refractivity contribution in [2.24, 2.45) is 5.41 Å². The number of ether oxygens (including phenoxy) is 1. The number of benzene rings is 1. The van der Waals surface area contributed by atoms with Crippen LogP contribution in [-0.4, -0.2) is 28.1 Å². The molecule has 2 heterocycles. The topological polar surface area (TPSA) is 73.2 Å². The van der Waals surface area contributed by atoms with Crippen LogP contribution < -0.4 is 5.32 Å². The zero-order valence-electron chi connectivity index (χ0n) is 16.7.